The fraction of sp³-hybridized carbons (Fsp3) is 0.318. The second-order valence-corrected chi connectivity index (χ2v) is 6.99. The Bertz CT molecular complexity index is 875. The number of anilines is 1. The first kappa shape index (κ1) is 20.9. The van der Waals surface area contributed by atoms with Crippen molar-refractivity contribution in [2.24, 2.45) is 0 Å². The second-order valence-electron chi connectivity index (χ2n) is 6.58. The maximum atomic E-state index is 12.6. The monoisotopic (exact) mass is 416 g/mol. The van der Waals surface area contributed by atoms with Crippen LogP contribution in [0.3, 0.4) is 0 Å². The molecular formula is C22H25ClN2O4. The van der Waals surface area contributed by atoms with Crippen LogP contribution in [-0.2, 0) is 4.79 Å². The van der Waals surface area contributed by atoms with E-state index < -0.39 is 0 Å². The molecule has 0 bridgehead atoms. The highest BCUT2D eigenvalue weighted by Crippen LogP contribution is 2.36. The predicted molar refractivity (Wildman–Crippen MR) is 115 cm³/mol. The number of rotatable bonds is 6. The van der Waals surface area contributed by atoms with E-state index in [0.29, 0.717) is 29.6 Å². The van der Waals surface area contributed by atoms with Crippen LogP contribution in [-0.4, -0.2) is 58.3 Å². The number of carbonyl (C=O) groups excluding carboxylic acids is 1. The van der Waals surface area contributed by atoms with Gasteiger partial charge in [-0.15, -0.1) is 0 Å². The Morgan fingerprint density at radius 2 is 1.66 bits per heavy atom. The predicted octanol–water partition coefficient (Wildman–Crippen LogP) is 3.73. The lowest BCUT2D eigenvalue weighted by molar-refractivity contribution is -0.126. The molecule has 0 N–H and O–H groups in total. The molecule has 1 aliphatic rings. The number of piperazine rings is 1. The standard InChI is InChI=1S/C22H25ClN2O4/c1-27-18-7-5-17(6-8-18)24-10-12-25(13-11-24)21(26)9-4-16-14-19(23)22(29-3)20(15-16)28-2/h4-9,14-15H,10-13H2,1-3H3/b9-4+. The fourth-order valence-corrected chi connectivity index (χ4v) is 3.58. The van der Waals surface area contributed by atoms with Gasteiger partial charge in [0, 0.05) is 37.9 Å². The summed E-state index contributed by atoms with van der Waals surface area (Å²) >= 11 is 6.22. The summed E-state index contributed by atoms with van der Waals surface area (Å²) in [6.07, 6.45) is 3.31. The van der Waals surface area contributed by atoms with Gasteiger partial charge in [-0.1, -0.05) is 11.6 Å². The highest BCUT2D eigenvalue weighted by atomic mass is 35.5. The Balaban J connectivity index is 1.60. The molecule has 1 saturated heterocycles. The zero-order chi connectivity index (χ0) is 20.8. The summed E-state index contributed by atoms with van der Waals surface area (Å²) in [7, 11) is 4.74. The first-order valence-corrected chi connectivity index (χ1v) is 9.71. The third-order valence-corrected chi connectivity index (χ3v) is 5.18. The van der Waals surface area contributed by atoms with Gasteiger partial charge in [0.15, 0.2) is 11.5 Å². The Morgan fingerprint density at radius 1 is 0.966 bits per heavy atom. The molecule has 0 spiro atoms. The maximum Gasteiger partial charge on any atom is 0.246 e. The number of hydrogen-bond acceptors (Lipinski definition) is 5. The second kappa shape index (κ2) is 9.56. The van der Waals surface area contributed by atoms with E-state index in [0.717, 1.165) is 30.1 Å². The SMILES string of the molecule is COc1ccc(N2CCN(C(=O)/C=C/c3cc(Cl)c(OC)c(OC)c3)CC2)cc1. The molecule has 0 unspecified atom stereocenters. The topological polar surface area (TPSA) is 51.2 Å². The van der Waals surface area contributed by atoms with Crippen molar-refractivity contribution in [2.45, 2.75) is 0 Å². The quantitative estimate of drug-likeness (QED) is 0.671. The molecule has 29 heavy (non-hydrogen) atoms. The average molecular weight is 417 g/mol. The normalized spacial score (nSPS) is 14.2. The summed E-state index contributed by atoms with van der Waals surface area (Å²) in [6.45, 7) is 2.91. The van der Waals surface area contributed by atoms with Gasteiger partial charge in [0.2, 0.25) is 5.91 Å². The third-order valence-electron chi connectivity index (χ3n) is 4.90. The van der Waals surface area contributed by atoms with Crippen molar-refractivity contribution >= 4 is 29.3 Å². The van der Waals surface area contributed by atoms with Crippen molar-refractivity contribution in [1.29, 1.82) is 0 Å². The molecule has 1 heterocycles. The van der Waals surface area contributed by atoms with Crippen LogP contribution < -0.4 is 19.1 Å². The molecule has 1 fully saturated rings. The molecule has 0 radical (unpaired) electrons. The van der Waals surface area contributed by atoms with Crippen LogP contribution >= 0.6 is 11.6 Å². The molecule has 1 aliphatic heterocycles. The molecule has 3 rings (SSSR count). The highest BCUT2D eigenvalue weighted by molar-refractivity contribution is 6.32. The Labute approximate surface area is 176 Å². The van der Waals surface area contributed by atoms with Crippen LogP contribution in [0, 0.1) is 0 Å². The number of hydrogen-bond donors (Lipinski definition) is 0. The molecule has 0 aromatic heterocycles. The first-order valence-electron chi connectivity index (χ1n) is 9.33. The largest absolute Gasteiger partial charge is 0.497 e. The number of methoxy groups -OCH3 is 3. The highest BCUT2D eigenvalue weighted by Gasteiger charge is 2.20. The van der Waals surface area contributed by atoms with E-state index in [4.69, 9.17) is 25.8 Å². The minimum Gasteiger partial charge on any atom is -0.497 e. The molecule has 2 aromatic rings. The van der Waals surface area contributed by atoms with Crippen LogP contribution in [0.15, 0.2) is 42.5 Å². The van der Waals surface area contributed by atoms with E-state index in [-0.39, 0.29) is 5.91 Å². The maximum absolute atomic E-state index is 12.6. The van der Waals surface area contributed by atoms with Crippen molar-refractivity contribution in [2.75, 3.05) is 52.4 Å². The third kappa shape index (κ3) is 4.95. The summed E-state index contributed by atoms with van der Waals surface area (Å²) in [5, 5.41) is 0.437. The molecule has 0 saturated carbocycles. The van der Waals surface area contributed by atoms with Gasteiger partial charge in [0.1, 0.15) is 5.75 Å². The van der Waals surface area contributed by atoms with Crippen molar-refractivity contribution in [3.63, 3.8) is 0 Å². The van der Waals surface area contributed by atoms with Gasteiger partial charge < -0.3 is 24.0 Å². The van der Waals surface area contributed by atoms with E-state index in [1.165, 1.54) is 7.11 Å². The van der Waals surface area contributed by atoms with Gasteiger partial charge >= 0.3 is 0 Å². The number of amides is 1. The average Bonchev–Trinajstić information content (AvgIpc) is 2.77. The zero-order valence-corrected chi connectivity index (χ0v) is 17.6. The summed E-state index contributed by atoms with van der Waals surface area (Å²) in [5.41, 5.74) is 1.91. The van der Waals surface area contributed by atoms with Gasteiger partial charge in [-0.25, -0.2) is 0 Å². The van der Waals surface area contributed by atoms with Crippen molar-refractivity contribution in [1.82, 2.24) is 4.90 Å². The summed E-state index contributed by atoms with van der Waals surface area (Å²) in [5.74, 6) is 1.82. The van der Waals surface area contributed by atoms with Gasteiger partial charge in [0.25, 0.3) is 0 Å². The number of benzene rings is 2. The molecule has 7 heteroatoms. The molecule has 154 valence electrons. The number of nitrogens with zero attached hydrogens (tertiary/aromatic N) is 2. The molecule has 0 aliphatic carbocycles. The van der Waals surface area contributed by atoms with Gasteiger partial charge in [-0.2, -0.15) is 0 Å². The van der Waals surface area contributed by atoms with E-state index in [2.05, 4.69) is 4.90 Å². The zero-order valence-electron chi connectivity index (χ0n) is 16.9. The van der Waals surface area contributed by atoms with Gasteiger partial charge in [-0.05, 0) is 48.0 Å². The number of ether oxygens (including phenoxy) is 3. The fourth-order valence-electron chi connectivity index (χ4n) is 3.29. The summed E-state index contributed by atoms with van der Waals surface area (Å²) in [4.78, 5) is 16.7. The number of halogens is 1. The molecule has 6 nitrogen and oxygen atoms in total. The molecule has 2 aromatic carbocycles. The van der Waals surface area contributed by atoms with Crippen LogP contribution in [0.25, 0.3) is 6.08 Å². The van der Waals surface area contributed by atoms with Gasteiger partial charge in [-0.3, -0.25) is 4.79 Å². The van der Waals surface area contributed by atoms with E-state index in [1.54, 1.807) is 38.5 Å². The van der Waals surface area contributed by atoms with Crippen LogP contribution in [0.2, 0.25) is 5.02 Å². The van der Waals surface area contributed by atoms with E-state index >= 15 is 0 Å². The minimum absolute atomic E-state index is 0.0229. The minimum atomic E-state index is -0.0229. The lowest BCUT2D eigenvalue weighted by Gasteiger charge is -2.35. The Hall–Kier alpha value is -2.86. The Kier molecular flexibility index (Phi) is 6.88. The molecule has 0 atom stereocenters. The smallest absolute Gasteiger partial charge is 0.246 e. The summed E-state index contributed by atoms with van der Waals surface area (Å²) in [6, 6.07) is 11.5. The van der Waals surface area contributed by atoms with Gasteiger partial charge in [0.05, 0.1) is 26.4 Å². The lowest BCUT2D eigenvalue weighted by Crippen LogP contribution is -2.48. The molecular weight excluding hydrogens is 392 g/mol. The lowest BCUT2D eigenvalue weighted by atomic mass is 10.1. The van der Waals surface area contributed by atoms with Crippen molar-refractivity contribution < 1.29 is 19.0 Å². The number of carbonyl (C=O) groups is 1. The van der Waals surface area contributed by atoms with Crippen LogP contribution in [0.1, 0.15) is 5.56 Å². The van der Waals surface area contributed by atoms with Crippen LogP contribution in [0.4, 0.5) is 5.69 Å². The van der Waals surface area contributed by atoms with Crippen molar-refractivity contribution in [3.05, 3.63) is 53.1 Å². The van der Waals surface area contributed by atoms with Crippen LogP contribution in [0.5, 0.6) is 17.2 Å². The van der Waals surface area contributed by atoms with E-state index in [9.17, 15) is 4.79 Å². The molecule has 1 amide bonds. The Morgan fingerprint density at radius 3 is 2.24 bits per heavy atom. The van der Waals surface area contributed by atoms with E-state index in [1.807, 2.05) is 29.2 Å². The first-order chi connectivity index (χ1) is 14.0. The van der Waals surface area contributed by atoms with Crippen molar-refractivity contribution in [3.8, 4) is 17.2 Å². The summed E-state index contributed by atoms with van der Waals surface area (Å²) < 4.78 is 15.7.